The zero-order valence-corrected chi connectivity index (χ0v) is 8.33. The number of aromatic nitrogens is 1. The zero-order valence-electron chi connectivity index (χ0n) is 8.33. The van der Waals surface area contributed by atoms with Crippen molar-refractivity contribution in [2.24, 2.45) is 5.73 Å². The molecule has 0 aliphatic rings. The number of rotatable bonds is 2. The van der Waals surface area contributed by atoms with Crippen molar-refractivity contribution in [3.05, 3.63) is 41.4 Å². The summed E-state index contributed by atoms with van der Waals surface area (Å²) in [5.74, 6) is 0.382. The van der Waals surface area contributed by atoms with Gasteiger partial charge >= 0.3 is 0 Å². The molecule has 2 N–H and O–H groups in total. The third-order valence-electron chi connectivity index (χ3n) is 2.29. The molecule has 0 aliphatic carbocycles. The molecular formula is C11H11FN2O. The minimum absolute atomic E-state index is 0.295. The van der Waals surface area contributed by atoms with Crippen LogP contribution in [0.15, 0.2) is 28.8 Å². The molecule has 1 heterocycles. The van der Waals surface area contributed by atoms with E-state index in [1.807, 2.05) is 0 Å². The standard InChI is InChI=1S/C11H11FN2O/c1-7-10(6-13)11(14-15-7)8-3-2-4-9(12)5-8/h2-5H,6,13H2,1H3. The van der Waals surface area contributed by atoms with E-state index >= 15 is 0 Å². The van der Waals surface area contributed by atoms with Crippen molar-refractivity contribution in [2.45, 2.75) is 13.5 Å². The lowest BCUT2D eigenvalue weighted by atomic mass is 10.1. The van der Waals surface area contributed by atoms with Gasteiger partial charge < -0.3 is 10.3 Å². The summed E-state index contributed by atoms with van der Waals surface area (Å²) < 4.78 is 18.0. The fourth-order valence-electron chi connectivity index (χ4n) is 1.49. The van der Waals surface area contributed by atoms with Gasteiger partial charge in [0.15, 0.2) is 0 Å². The third-order valence-corrected chi connectivity index (χ3v) is 2.29. The van der Waals surface area contributed by atoms with Crippen LogP contribution in [0.25, 0.3) is 11.3 Å². The summed E-state index contributed by atoms with van der Waals surface area (Å²) in [6.07, 6.45) is 0. The Bertz CT molecular complexity index is 479. The van der Waals surface area contributed by atoms with E-state index < -0.39 is 0 Å². The van der Waals surface area contributed by atoms with Crippen LogP contribution in [0.4, 0.5) is 4.39 Å². The van der Waals surface area contributed by atoms with Crippen molar-refractivity contribution >= 4 is 0 Å². The van der Waals surface area contributed by atoms with Crippen LogP contribution in [0.3, 0.4) is 0 Å². The molecule has 0 aliphatic heterocycles. The second-order valence-electron chi connectivity index (χ2n) is 3.28. The molecule has 0 amide bonds. The minimum atomic E-state index is -0.295. The van der Waals surface area contributed by atoms with Crippen molar-refractivity contribution in [1.82, 2.24) is 5.16 Å². The minimum Gasteiger partial charge on any atom is -0.361 e. The van der Waals surface area contributed by atoms with E-state index in [4.69, 9.17) is 10.3 Å². The van der Waals surface area contributed by atoms with Crippen LogP contribution in [0, 0.1) is 12.7 Å². The van der Waals surface area contributed by atoms with E-state index in [9.17, 15) is 4.39 Å². The summed E-state index contributed by atoms with van der Waals surface area (Å²) in [4.78, 5) is 0. The zero-order chi connectivity index (χ0) is 10.8. The summed E-state index contributed by atoms with van der Waals surface area (Å²) >= 11 is 0. The van der Waals surface area contributed by atoms with Crippen LogP contribution >= 0.6 is 0 Å². The fraction of sp³-hybridized carbons (Fsp3) is 0.182. The maximum atomic E-state index is 13.0. The molecule has 4 heteroatoms. The number of halogens is 1. The Kier molecular flexibility index (Phi) is 2.51. The van der Waals surface area contributed by atoms with Crippen molar-refractivity contribution in [3.63, 3.8) is 0 Å². The average Bonchev–Trinajstić information content (AvgIpc) is 2.59. The Labute approximate surface area is 86.7 Å². The molecule has 0 saturated carbocycles. The first-order chi connectivity index (χ1) is 7.22. The van der Waals surface area contributed by atoms with Gasteiger partial charge in [0, 0.05) is 17.7 Å². The van der Waals surface area contributed by atoms with Gasteiger partial charge in [-0.3, -0.25) is 0 Å². The monoisotopic (exact) mass is 206 g/mol. The molecule has 0 saturated heterocycles. The number of aryl methyl sites for hydroxylation is 1. The maximum absolute atomic E-state index is 13.0. The highest BCUT2D eigenvalue weighted by Crippen LogP contribution is 2.24. The van der Waals surface area contributed by atoms with Gasteiger partial charge in [-0.15, -0.1) is 0 Å². The van der Waals surface area contributed by atoms with E-state index in [0.29, 0.717) is 23.6 Å². The van der Waals surface area contributed by atoms with Crippen LogP contribution in [-0.2, 0) is 6.54 Å². The molecule has 0 radical (unpaired) electrons. The van der Waals surface area contributed by atoms with Crippen LogP contribution < -0.4 is 5.73 Å². The summed E-state index contributed by atoms with van der Waals surface area (Å²) in [7, 11) is 0. The fourth-order valence-corrected chi connectivity index (χ4v) is 1.49. The first kappa shape index (κ1) is 9.86. The molecule has 0 fully saturated rings. The lowest BCUT2D eigenvalue weighted by Crippen LogP contribution is -1.98. The first-order valence-corrected chi connectivity index (χ1v) is 4.63. The van der Waals surface area contributed by atoms with E-state index in [0.717, 1.165) is 5.56 Å². The molecule has 0 spiro atoms. The largest absolute Gasteiger partial charge is 0.361 e. The Morgan fingerprint density at radius 3 is 2.93 bits per heavy atom. The first-order valence-electron chi connectivity index (χ1n) is 4.63. The van der Waals surface area contributed by atoms with Crippen molar-refractivity contribution in [2.75, 3.05) is 0 Å². The summed E-state index contributed by atoms with van der Waals surface area (Å²) in [6, 6.07) is 6.21. The average molecular weight is 206 g/mol. The maximum Gasteiger partial charge on any atom is 0.138 e. The number of hydrogen-bond donors (Lipinski definition) is 1. The quantitative estimate of drug-likeness (QED) is 0.819. The van der Waals surface area contributed by atoms with Gasteiger partial charge in [-0.1, -0.05) is 17.3 Å². The summed E-state index contributed by atoms with van der Waals surface area (Å²) in [6.45, 7) is 2.12. The SMILES string of the molecule is Cc1onc(-c2cccc(F)c2)c1CN. The normalized spacial score (nSPS) is 10.6. The summed E-state index contributed by atoms with van der Waals surface area (Å²) in [5, 5.41) is 3.88. The molecule has 2 aromatic rings. The predicted molar refractivity (Wildman–Crippen MR) is 54.5 cm³/mol. The van der Waals surface area contributed by atoms with E-state index in [-0.39, 0.29) is 5.82 Å². The molecule has 0 atom stereocenters. The Morgan fingerprint density at radius 2 is 2.27 bits per heavy atom. The van der Waals surface area contributed by atoms with Crippen LogP contribution in [-0.4, -0.2) is 5.16 Å². The van der Waals surface area contributed by atoms with Gasteiger partial charge in [-0.25, -0.2) is 4.39 Å². The van der Waals surface area contributed by atoms with Gasteiger partial charge in [0.2, 0.25) is 0 Å². The van der Waals surface area contributed by atoms with E-state index in [1.165, 1.54) is 12.1 Å². The molecule has 1 aromatic heterocycles. The smallest absolute Gasteiger partial charge is 0.138 e. The molecular weight excluding hydrogens is 195 g/mol. The predicted octanol–water partition coefficient (Wildman–Crippen LogP) is 2.25. The van der Waals surface area contributed by atoms with Crippen LogP contribution in [0.5, 0.6) is 0 Å². The van der Waals surface area contributed by atoms with E-state index in [2.05, 4.69) is 5.16 Å². The molecule has 78 valence electrons. The van der Waals surface area contributed by atoms with Crippen LogP contribution in [0.1, 0.15) is 11.3 Å². The lowest BCUT2D eigenvalue weighted by Gasteiger charge is -1.99. The van der Waals surface area contributed by atoms with Gasteiger partial charge in [0.25, 0.3) is 0 Å². The Balaban J connectivity index is 2.54. The molecule has 2 rings (SSSR count). The van der Waals surface area contributed by atoms with Crippen molar-refractivity contribution in [1.29, 1.82) is 0 Å². The van der Waals surface area contributed by atoms with Gasteiger partial charge in [0.05, 0.1) is 0 Å². The molecule has 1 aromatic carbocycles. The highest BCUT2D eigenvalue weighted by atomic mass is 19.1. The second-order valence-corrected chi connectivity index (χ2v) is 3.28. The topological polar surface area (TPSA) is 52.0 Å². The van der Waals surface area contributed by atoms with E-state index in [1.54, 1.807) is 19.1 Å². The second kappa shape index (κ2) is 3.82. The molecule has 15 heavy (non-hydrogen) atoms. The molecule has 3 nitrogen and oxygen atoms in total. The highest BCUT2D eigenvalue weighted by Gasteiger charge is 2.13. The van der Waals surface area contributed by atoms with Gasteiger partial charge in [-0.05, 0) is 19.1 Å². The van der Waals surface area contributed by atoms with Crippen molar-refractivity contribution < 1.29 is 8.91 Å². The van der Waals surface area contributed by atoms with Gasteiger partial charge in [0.1, 0.15) is 17.3 Å². The highest BCUT2D eigenvalue weighted by molar-refractivity contribution is 5.63. The molecule has 0 bridgehead atoms. The number of benzene rings is 1. The summed E-state index contributed by atoms with van der Waals surface area (Å²) in [5.41, 5.74) is 7.70. The Hall–Kier alpha value is -1.68. The molecule has 0 unspecified atom stereocenters. The number of nitrogens with two attached hydrogens (primary N) is 1. The third kappa shape index (κ3) is 1.76. The van der Waals surface area contributed by atoms with Crippen molar-refractivity contribution in [3.8, 4) is 11.3 Å². The number of hydrogen-bond acceptors (Lipinski definition) is 3. The number of nitrogens with zero attached hydrogens (tertiary/aromatic N) is 1. The van der Waals surface area contributed by atoms with Crippen LogP contribution in [0.2, 0.25) is 0 Å². The Morgan fingerprint density at radius 1 is 1.47 bits per heavy atom. The van der Waals surface area contributed by atoms with Gasteiger partial charge in [-0.2, -0.15) is 0 Å². The lowest BCUT2D eigenvalue weighted by molar-refractivity contribution is 0.398.